The van der Waals surface area contributed by atoms with Crippen LogP contribution in [-0.4, -0.2) is 9.97 Å². The van der Waals surface area contributed by atoms with Crippen LogP contribution in [0.4, 0.5) is 0 Å². The fourth-order valence-corrected chi connectivity index (χ4v) is 1.66. The molecule has 0 unspecified atom stereocenters. The summed E-state index contributed by atoms with van der Waals surface area (Å²) in [5.74, 6) is 2.10. The number of ether oxygens (including phenoxy) is 1. The minimum Gasteiger partial charge on any atom is -0.439 e. The lowest BCUT2D eigenvalue weighted by molar-refractivity contribution is 0.458. The highest BCUT2D eigenvalue weighted by Gasteiger charge is 2.03. The van der Waals surface area contributed by atoms with Gasteiger partial charge in [0, 0.05) is 12.5 Å². The normalized spacial score (nSPS) is 10.1. The summed E-state index contributed by atoms with van der Waals surface area (Å²) < 4.78 is 6.36. The highest BCUT2D eigenvalue weighted by molar-refractivity contribution is 9.10. The van der Waals surface area contributed by atoms with E-state index in [1.807, 2.05) is 37.3 Å². The summed E-state index contributed by atoms with van der Waals surface area (Å²) in [7, 11) is 0. The van der Waals surface area contributed by atoms with Gasteiger partial charge in [0.05, 0.1) is 0 Å². The fraction of sp³-hybridized carbons (Fsp3) is 0.167. The van der Waals surface area contributed by atoms with Gasteiger partial charge in [-0.2, -0.15) is 4.98 Å². The summed E-state index contributed by atoms with van der Waals surface area (Å²) >= 11 is 3.34. The van der Waals surface area contributed by atoms with Crippen LogP contribution in [0.5, 0.6) is 11.6 Å². The molecule has 0 aliphatic rings. The minimum absolute atomic E-state index is 0.560. The van der Waals surface area contributed by atoms with E-state index in [9.17, 15) is 0 Å². The van der Waals surface area contributed by atoms with Crippen LogP contribution in [0.25, 0.3) is 0 Å². The first-order valence-corrected chi connectivity index (χ1v) is 5.83. The highest BCUT2D eigenvalue weighted by Crippen LogP contribution is 2.21. The fourth-order valence-electron chi connectivity index (χ4n) is 1.26. The molecule has 2 rings (SSSR count). The number of hydrogen-bond donors (Lipinski definition) is 0. The van der Waals surface area contributed by atoms with Crippen LogP contribution < -0.4 is 4.74 Å². The van der Waals surface area contributed by atoms with Gasteiger partial charge in [-0.25, -0.2) is 4.98 Å². The van der Waals surface area contributed by atoms with Crippen molar-refractivity contribution in [3.05, 3.63) is 46.8 Å². The van der Waals surface area contributed by atoms with Gasteiger partial charge in [-0.15, -0.1) is 0 Å². The molecule has 16 heavy (non-hydrogen) atoms. The minimum atomic E-state index is 0.560. The standard InChI is InChI=1S/C12H11BrN2O/c1-2-11-14-10(13)8-12(15-11)16-9-6-4-3-5-7-9/h3-8H,2H2,1H3. The number of aromatic nitrogens is 2. The highest BCUT2D eigenvalue weighted by atomic mass is 79.9. The Hall–Kier alpha value is -1.42. The number of benzene rings is 1. The molecule has 1 aromatic carbocycles. The zero-order valence-electron chi connectivity index (χ0n) is 8.85. The van der Waals surface area contributed by atoms with E-state index in [2.05, 4.69) is 25.9 Å². The molecule has 1 aromatic heterocycles. The number of halogens is 1. The van der Waals surface area contributed by atoms with Crippen LogP contribution in [0.15, 0.2) is 41.0 Å². The van der Waals surface area contributed by atoms with Crippen molar-refractivity contribution in [2.75, 3.05) is 0 Å². The molecule has 0 atom stereocenters. The van der Waals surface area contributed by atoms with Crippen LogP contribution in [0.1, 0.15) is 12.7 Å². The van der Waals surface area contributed by atoms with Gasteiger partial charge in [0.2, 0.25) is 5.88 Å². The average molecular weight is 279 g/mol. The number of nitrogens with zero attached hydrogens (tertiary/aromatic N) is 2. The van der Waals surface area contributed by atoms with E-state index in [-0.39, 0.29) is 0 Å². The smallest absolute Gasteiger partial charge is 0.223 e. The number of aryl methyl sites for hydroxylation is 1. The van der Waals surface area contributed by atoms with Gasteiger partial charge in [0.15, 0.2) is 0 Å². The van der Waals surface area contributed by atoms with Gasteiger partial charge < -0.3 is 4.74 Å². The third kappa shape index (κ3) is 2.79. The molecular weight excluding hydrogens is 268 g/mol. The maximum absolute atomic E-state index is 5.62. The van der Waals surface area contributed by atoms with E-state index in [0.29, 0.717) is 5.88 Å². The lowest BCUT2D eigenvalue weighted by Crippen LogP contribution is -1.96. The summed E-state index contributed by atoms with van der Waals surface area (Å²) in [4.78, 5) is 8.50. The Morgan fingerprint density at radius 3 is 2.62 bits per heavy atom. The molecule has 0 bridgehead atoms. The van der Waals surface area contributed by atoms with Crippen LogP contribution in [0.2, 0.25) is 0 Å². The molecule has 0 spiro atoms. The first kappa shape index (κ1) is 11.1. The molecule has 0 aliphatic heterocycles. The Kier molecular flexibility index (Phi) is 3.51. The molecule has 0 aliphatic carbocycles. The Bertz CT molecular complexity index is 474. The SMILES string of the molecule is CCc1nc(Br)cc(Oc2ccccc2)n1. The van der Waals surface area contributed by atoms with Crippen LogP contribution in [-0.2, 0) is 6.42 Å². The molecule has 0 saturated heterocycles. The summed E-state index contributed by atoms with van der Waals surface area (Å²) in [6.45, 7) is 2.01. The predicted molar refractivity (Wildman–Crippen MR) is 65.6 cm³/mol. The molecule has 3 nitrogen and oxygen atoms in total. The van der Waals surface area contributed by atoms with E-state index in [1.54, 1.807) is 6.07 Å². The van der Waals surface area contributed by atoms with Crippen molar-refractivity contribution in [2.24, 2.45) is 0 Å². The molecular formula is C12H11BrN2O. The monoisotopic (exact) mass is 278 g/mol. The van der Waals surface area contributed by atoms with Gasteiger partial charge in [0.1, 0.15) is 16.2 Å². The first-order chi connectivity index (χ1) is 7.78. The maximum atomic E-state index is 5.62. The van der Waals surface area contributed by atoms with Gasteiger partial charge in [-0.1, -0.05) is 25.1 Å². The lowest BCUT2D eigenvalue weighted by Gasteiger charge is -2.05. The molecule has 2 aromatic rings. The third-order valence-electron chi connectivity index (χ3n) is 2.00. The van der Waals surface area contributed by atoms with Crippen molar-refractivity contribution in [3.8, 4) is 11.6 Å². The largest absolute Gasteiger partial charge is 0.439 e. The van der Waals surface area contributed by atoms with Crippen molar-refractivity contribution in [1.82, 2.24) is 9.97 Å². The molecule has 82 valence electrons. The summed E-state index contributed by atoms with van der Waals surface area (Å²) in [5, 5.41) is 0. The van der Waals surface area contributed by atoms with Gasteiger partial charge in [-0.3, -0.25) is 0 Å². The van der Waals surface area contributed by atoms with E-state index < -0.39 is 0 Å². The molecule has 1 heterocycles. The summed E-state index contributed by atoms with van der Waals surface area (Å²) in [6.07, 6.45) is 0.782. The zero-order valence-corrected chi connectivity index (χ0v) is 10.4. The second-order valence-corrected chi connectivity index (χ2v) is 4.03. The number of rotatable bonds is 3. The molecule has 0 saturated carbocycles. The molecule has 0 fully saturated rings. The Labute approximate surface area is 103 Å². The lowest BCUT2D eigenvalue weighted by atomic mass is 10.3. The maximum Gasteiger partial charge on any atom is 0.223 e. The Morgan fingerprint density at radius 2 is 1.94 bits per heavy atom. The average Bonchev–Trinajstić information content (AvgIpc) is 2.29. The van der Waals surface area contributed by atoms with E-state index >= 15 is 0 Å². The Morgan fingerprint density at radius 1 is 1.19 bits per heavy atom. The molecule has 0 radical (unpaired) electrons. The van der Waals surface area contributed by atoms with Crippen LogP contribution >= 0.6 is 15.9 Å². The summed E-state index contributed by atoms with van der Waals surface area (Å²) in [6, 6.07) is 11.3. The van der Waals surface area contributed by atoms with E-state index in [4.69, 9.17) is 4.74 Å². The Balaban J connectivity index is 2.24. The summed E-state index contributed by atoms with van der Waals surface area (Å²) in [5.41, 5.74) is 0. The second-order valence-electron chi connectivity index (χ2n) is 3.21. The number of hydrogen-bond acceptors (Lipinski definition) is 3. The number of para-hydroxylation sites is 1. The van der Waals surface area contributed by atoms with Crippen molar-refractivity contribution in [2.45, 2.75) is 13.3 Å². The van der Waals surface area contributed by atoms with Crippen LogP contribution in [0, 0.1) is 0 Å². The van der Waals surface area contributed by atoms with Gasteiger partial charge >= 0.3 is 0 Å². The zero-order chi connectivity index (χ0) is 11.4. The molecule has 0 amide bonds. The van der Waals surface area contributed by atoms with Crippen molar-refractivity contribution in [1.29, 1.82) is 0 Å². The third-order valence-corrected chi connectivity index (χ3v) is 2.41. The predicted octanol–water partition coefficient (Wildman–Crippen LogP) is 3.59. The second kappa shape index (κ2) is 5.07. The molecule has 0 N–H and O–H groups in total. The van der Waals surface area contributed by atoms with Gasteiger partial charge in [-0.05, 0) is 28.1 Å². The van der Waals surface area contributed by atoms with Crippen molar-refractivity contribution >= 4 is 15.9 Å². The van der Waals surface area contributed by atoms with Crippen LogP contribution in [0.3, 0.4) is 0 Å². The van der Waals surface area contributed by atoms with Gasteiger partial charge in [0.25, 0.3) is 0 Å². The molecule has 4 heteroatoms. The van der Waals surface area contributed by atoms with E-state index in [0.717, 1.165) is 22.6 Å². The van der Waals surface area contributed by atoms with E-state index in [1.165, 1.54) is 0 Å². The van der Waals surface area contributed by atoms with Crippen molar-refractivity contribution in [3.63, 3.8) is 0 Å². The quantitative estimate of drug-likeness (QED) is 0.805. The first-order valence-electron chi connectivity index (χ1n) is 5.04. The topological polar surface area (TPSA) is 35.0 Å². The van der Waals surface area contributed by atoms with Crippen molar-refractivity contribution < 1.29 is 4.74 Å².